The van der Waals surface area contributed by atoms with Crippen molar-refractivity contribution in [2.24, 2.45) is 11.8 Å². The van der Waals surface area contributed by atoms with Crippen LogP contribution in [0.15, 0.2) is 59.5 Å². The van der Waals surface area contributed by atoms with Crippen LogP contribution < -0.4 is 11.1 Å². The second kappa shape index (κ2) is 12.4. The van der Waals surface area contributed by atoms with Crippen molar-refractivity contribution in [2.45, 2.75) is 56.1 Å². The minimum atomic E-state index is -3.93. The largest absolute Gasteiger partial charge is 0.443 e. The van der Waals surface area contributed by atoms with Crippen LogP contribution >= 0.6 is 0 Å². The van der Waals surface area contributed by atoms with E-state index in [1.165, 1.54) is 28.6 Å². The predicted molar refractivity (Wildman–Crippen MR) is 142 cm³/mol. The number of carbonyl (C=O) groups is 1. The first kappa shape index (κ1) is 28.3. The molecule has 0 bridgehead atoms. The van der Waals surface area contributed by atoms with Gasteiger partial charge in [-0.1, -0.05) is 44.2 Å². The maximum atomic E-state index is 13.5. The van der Waals surface area contributed by atoms with Gasteiger partial charge in [-0.25, -0.2) is 13.2 Å². The lowest BCUT2D eigenvalue weighted by Crippen LogP contribution is -2.51. The summed E-state index contributed by atoms with van der Waals surface area (Å²) in [5, 5.41) is 14.1. The van der Waals surface area contributed by atoms with Crippen LogP contribution in [0.25, 0.3) is 0 Å². The van der Waals surface area contributed by atoms with Crippen LogP contribution in [0.4, 0.5) is 10.5 Å². The fourth-order valence-electron chi connectivity index (χ4n) is 4.82. The second-order valence-electron chi connectivity index (χ2n) is 10.3. The number of sulfonamides is 1. The van der Waals surface area contributed by atoms with Gasteiger partial charge in [-0.2, -0.15) is 4.31 Å². The average Bonchev–Trinajstić information content (AvgIpc) is 3.49. The smallest absolute Gasteiger partial charge is 0.407 e. The molecule has 2 aliphatic heterocycles. The summed E-state index contributed by atoms with van der Waals surface area (Å²) in [4.78, 5) is 13.0. The number of fused-ring (bicyclic) bond motifs is 1. The summed E-state index contributed by atoms with van der Waals surface area (Å²) in [7, 11) is -3.93. The summed E-state index contributed by atoms with van der Waals surface area (Å²) in [5.41, 5.74) is 7.07. The lowest BCUT2D eigenvalue weighted by Gasteiger charge is -2.31. The summed E-state index contributed by atoms with van der Waals surface area (Å²) in [6, 6.07) is 14.5. The van der Waals surface area contributed by atoms with Gasteiger partial charge in [0.1, 0.15) is 6.10 Å². The Balaban J connectivity index is 1.51. The zero-order chi connectivity index (χ0) is 27.3. The van der Waals surface area contributed by atoms with Crippen LogP contribution in [0.1, 0.15) is 25.8 Å². The van der Waals surface area contributed by atoms with Gasteiger partial charge in [0.2, 0.25) is 10.0 Å². The molecule has 4 rings (SSSR count). The number of nitrogens with one attached hydrogen (secondary N) is 1. The van der Waals surface area contributed by atoms with Crippen molar-refractivity contribution < 1.29 is 32.5 Å². The Kier molecular flexibility index (Phi) is 9.27. The monoisotopic (exact) mass is 547 g/mol. The molecule has 2 aliphatic rings. The summed E-state index contributed by atoms with van der Waals surface area (Å²) >= 11 is 0. The molecule has 0 aliphatic carbocycles. The van der Waals surface area contributed by atoms with Crippen molar-refractivity contribution in [3.63, 3.8) is 0 Å². The quantitative estimate of drug-likeness (QED) is 0.364. The molecule has 10 nitrogen and oxygen atoms in total. The van der Waals surface area contributed by atoms with Crippen molar-refractivity contribution in [1.82, 2.24) is 9.62 Å². The summed E-state index contributed by atoms with van der Waals surface area (Å²) in [6.07, 6.45) is -1.69. The van der Waals surface area contributed by atoms with Crippen molar-refractivity contribution in [3.05, 3.63) is 60.2 Å². The molecule has 5 atom stereocenters. The van der Waals surface area contributed by atoms with Crippen LogP contribution in [-0.4, -0.2) is 74.8 Å². The van der Waals surface area contributed by atoms with Gasteiger partial charge in [0.15, 0.2) is 6.29 Å². The molecular weight excluding hydrogens is 510 g/mol. The Morgan fingerprint density at radius 3 is 2.53 bits per heavy atom. The van der Waals surface area contributed by atoms with Crippen molar-refractivity contribution >= 4 is 21.8 Å². The lowest BCUT2D eigenvalue weighted by atomic mass is 10.0. The first-order valence-electron chi connectivity index (χ1n) is 12.9. The number of nitrogen functional groups attached to an aromatic ring is 1. The topological polar surface area (TPSA) is 140 Å². The fourth-order valence-corrected chi connectivity index (χ4v) is 6.45. The van der Waals surface area contributed by atoms with Gasteiger partial charge in [0.25, 0.3) is 0 Å². The number of rotatable bonds is 11. The molecule has 0 spiro atoms. The van der Waals surface area contributed by atoms with Crippen LogP contribution in [-0.2, 0) is 30.7 Å². The zero-order valence-electron chi connectivity index (χ0n) is 21.7. The average molecular weight is 548 g/mol. The number of alkyl carbamates (subject to hydrolysis) is 1. The molecular formula is C27H37N3O7S. The number of nitrogens with zero attached hydrogens (tertiary/aromatic N) is 1. The van der Waals surface area contributed by atoms with E-state index in [9.17, 15) is 18.3 Å². The van der Waals surface area contributed by atoms with E-state index in [0.29, 0.717) is 12.3 Å². The molecule has 38 heavy (non-hydrogen) atoms. The van der Waals surface area contributed by atoms with Crippen LogP contribution in [0.5, 0.6) is 0 Å². The molecule has 2 saturated heterocycles. The third-order valence-electron chi connectivity index (χ3n) is 6.79. The van der Waals surface area contributed by atoms with E-state index in [-0.39, 0.29) is 49.1 Å². The number of carbonyl (C=O) groups excluding carboxylic acids is 1. The van der Waals surface area contributed by atoms with E-state index in [2.05, 4.69) is 5.32 Å². The normalized spacial score (nSPS) is 22.8. The van der Waals surface area contributed by atoms with E-state index in [0.717, 1.165) is 12.0 Å². The molecule has 208 valence electrons. The van der Waals surface area contributed by atoms with E-state index < -0.39 is 34.4 Å². The Labute approximate surface area is 224 Å². The van der Waals surface area contributed by atoms with Gasteiger partial charge in [-0.05, 0) is 48.6 Å². The van der Waals surface area contributed by atoms with E-state index in [1.807, 2.05) is 44.2 Å². The van der Waals surface area contributed by atoms with Gasteiger partial charge < -0.3 is 30.4 Å². The number of hydrogen-bond donors (Lipinski definition) is 3. The number of anilines is 1. The number of nitrogens with two attached hydrogens (primary N) is 1. The second-order valence-corrected chi connectivity index (χ2v) is 12.2. The molecule has 2 aromatic carbocycles. The van der Waals surface area contributed by atoms with E-state index >= 15 is 0 Å². The zero-order valence-corrected chi connectivity index (χ0v) is 22.5. The molecule has 11 heteroatoms. The molecule has 0 aromatic heterocycles. The maximum Gasteiger partial charge on any atom is 0.407 e. The molecule has 2 heterocycles. The molecule has 0 radical (unpaired) electrons. The van der Waals surface area contributed by atoms with Crippen LogP contribution in [0.2, 0.25) is 0 Å². The highest BCUT2D eigenvalue weighted by atomic mass is 32.2. The molecule has 1 amide bonds. The molecule has 4 N–H and O–H groups in total. The highest BCUT2D eigenvalue weighted by Gasteiger charge is 2.44. The number of amides is 1. The standard InChI is InChI=1S/C27H37N3O7S/c1-18(2)15-30(38(33,34)21-10-8-20(28)9-11-21)16-24(31)23(14-19-6-4-3-5-7-19)29-27(32)37-25-17-36-26-22(25)12-13-35-26/h3-11,18,22-26,31H,12-17,28H2,1-2H3,(H,29,32)/t22-,23+,24+,25+,26+/m1/s1. The molecule has 0 saturated carbocycles. The Morgan fingerprint density at radius 1 is 1.13 bits per heavy atom. The number of aliphatic hydroxyl groups excluding tert-OH is 1. The summed E-state index contributed by atoms with van der Waals surface area (Å²) < 4.78 is 44.9. The van der Waals surface area contributed by atoms with Gasteiger partial charge in [0, 0.05) is 18.8 Å². The Bertz CT molecular complexity index is 1160. The minimum absolute atomic E-state index is 0.000183. The van der Waals surface area contributed by atoms with Gasteiger partial charge in [-0.15, -0.1) is 0 Å². The highest BCUT2D eigenvalue weighted by molar-refractivity contribution is 7.89. The highest BCUT2D eigenvalue weighted by Crippen LogP contribution is 2.33. The third-order valence-corrected chi connectivity index (χ3v) is 8.63. The van der Waals surface area contributed by atoms with Gasteiger partial charge in [-0.3, -0.25) is 0 Å². The van der Waals surface area contributed by atoms with E-state index in [4.69, 9.17) is 19.9 Å². The van der Waals surface area contributed by atoms with Crippen molar-refractivity contribution in [3.8, 4) is 0 Å². The maximum absolute atomic E-state index is 13.5. The van der Waals surface area contributed by atoms with E-state index in [1.54, 1.807) is 0 Å². The first-order chi connectivity index (χ1) is 18.1. The van der Waals surface area contributed by atoms with Crippen molar-refractivity contribution in [2.75, 3.05) is 32.0 Å². The number of hydrogen-bond acceptors (Lipinski definition) is 8. The van der Waals surface area contributed by atoms with Crippen LogP contribution in [0, 0.1) is 11.8 Å². The summed E-state index contributed by atoms with van der Waals surface area (Å²) in [6.45, 7) is 4.58. The summed E-state index contributed by atoms with van der Waals surface area (Å²) in [5.74, 6) is -0.0231. The lowest BCUT2D eigenvalue weighted by molar-refractivity contribution is -0.0907. The Hall–Kier alpha value is -2.70. The number of ether oxygens (including phenoxy) is 3. The van der Waals surface area contributed by atoms with Crippen molar-refractivity contribution in [1.29, 1.82) is 0 Å². The Morgan fingerprint density at radius 2 is 1.84 bits per heavy atom. The number of benzene rings is 2. The minimum Gasteiger partial charge on any atom is -0.443 e. The van der Waals surface area contributed by atoms with Gasteiger partial charge in [0.05, 0.1) is 36.2 Å². The SMILES string of the molecule is CC(C)CN(C[C@H](O)[C@H](Cc1ccccc1)NC(=O)O[C@H]1CO[C@@H]2OCC[C@@H]21)S(=O)(=O)c1ccc(N)cc1. The third kappa shape index (κ3) is 7.03. The first-order valence-corrected chi connectivity index (χ1v) is 14.4. The fraction of sp³-hybridized carbons (Fsp3) is 0.519. The predicted octanol–water partition coefficient (Wildman–Crippen LogP) is 2.38. The number of aliphatic hydroxyl groups is 1. The van der Waals surface area contributed by atoms with Gasteiger partial charge >= 0.3 is 6.09 Å². The molecule has 0 unspecified atom stereocenters. The van der Waals surface area contributed by atoms with Crippen LogP contribution in [0.3, 0.4) is 0 Å². The molecule has 2 aromatic rings. The molecule has 2 fully saturated rings.